The normalized spacial score (nSPS) is 15.3. The third-order valence-corrected chi connectivity index (χ3v) is 9.25. The predicted molar refractivity (Wildman–Crippen MR) is 173 cm³/mol. The summed E-state index contributed by atoms with van der Waals surface area (Å²) in [4.78, 5) is 24.0. The first-order valence-corrected chi connectivity index (χ1v) is 15.7. The summed E-state index contributed by atoms with van der Waals surface area (Å²) in [6.45, 7) is 7.82. The van der Waals surface area contributed by atoms with Gasteiger partial charge in [0.05, 0.1) is 53.0 Å². The van der Waals surface area contributed by atoms with Crippen LogP contribution in [0.3, 0.4) is 0 Å². The second-order valence-electron chi connectivity index (χ2n) is 11.4. The van der Waals surface area contributed by atoms with E-state index in [1.165, 1.54) is 24.3 Å². The second kappa shape index (κ2) is 11.5. The highest BCUT2D eigenvalue weighted by Crippen LogP contribution is 2.47. The lowest BCUT2D eigenvalue weighted by Gasteiger charge is -2.33. The molecule has 1 aliphatic rings. The van der Waals surface area contributed by atoms with Gasteiger partial charge in [-0.15, -0.1) is 11.3 Å². The van der Waals surface area contributed by atoms with Gasteiger partial charge in [0, 0.05) is 46.9 Å². The van der Waals surface area contributed by atoms with Crippen molar-refractivity contribution in [2.24, 2.45) is 7.05 Å². The van der Waals surface area contributed by atoms with Crippen LogP contribution in [0.1, 0.15) is 25.6 Å². The van der Waals surface area contributed by atoms with Crippen molar-refractivity contribution in [2.75, 3.05) is 13.2 Å². The predicted octanol–water partition coefficient (Wildman–Crippen LogP) is 6.51. The van der Waals surface area contributed by atoms with Crippen molar-refractivity contribution in [1.82, 2.24) is 29.2 Å². The number of pyridine rings is 1. The number of carbonyl (C=O) groups excluding carboxylic acids is 1. The summed E-state index contributed by atoms with van der Waals surface area (Å²) >= 11 is 1.40. The minimum absolute atomic E-state index is 0.0196. The van der Waals surface area contributed by atoms with Gasteiger partial charge in [0.25, 0.3) is 0 Å². The SMILES string of the molecule is C=CC(=O)N1CCn2nc(-c3nc(-c4ccc5c(c4)ncn5C)c4ccsc4c3-c3c(F)cc(F)cc3OC[C@@H](C)O)cc2[C@@H]1C. The van der Waals surface area contributed by atoms with Gasteiger partial charge in [-0.05, 0) is 49.6 Å². The number of aliphatic hydroxyl groups excluding tert-OH is 1. The monoisotopic (exact) mass is 640 g/mol. The molecule has 2 atom stereocenters. The molecule has 6 aromatic rings. The van der Waals surface area contributed by atoms with E-state index in [0.29, 0.717) is 40.4 Å². The van der Waals surface area contributed by atoms with E-state index < -0.39 is 17.7 Å². The average molecular weight is 641 g/mol. The smallest absolute Gasteiger partial charge is 0.246 e. The maximum absolute atomic E-state index is 16.0. The third kappa shape index (κ3) is 4.94. The summed E-state index contributed by atoms with van der Waals surface area (Å²) in [7, 11) is 1.93. The maximum Gasteiger partial charge on any atom is 0.246 e. The van der Waals surface area contributed by atoms with Gasteiger partial charge in [0.2, 0.25) is 5.91 Å². The van der Waals surface area contributed by atoms with Crippen LogP contribution in [0.4, 0.5) is 8.78 Å². The third-order valence-electron chi connectivity index (χ3n) is 8.32. The Bertz CT molecular complexity index is 2170. The molecule has 1 aliphatic heterocycles. The minimum atomic E-state index is -0.870. The van der Waals surface area contributed by atoms with Crippen LogP contribution in [-0.4, -0.2) is 59.5 Å². The number of amides is 1. The van der Waals surface area contributed by atoms with Crippen molar-refractivity contribution < 1.29 is 23.4 Å². The Morgan fingerprint density at radius 2 is 2.00 bits per heavy atom. The zero-order valence-electron chi connectivity index (χ0n) is 25.4. The van der Waals surface area contributed by atoms with Crippen LogP contribution in [0.2, 0.25) is 0 Å². The molecule has 5 heterocycles. The van der Waals surface area contributed by atoms with Crippen LogP contribution in [-0.2, 0) is 18.4 Å². The second-order valence-corrected chi connectivity index (χ2v) is 12.3. The Hall–Kier alpha value is -4.94. The van der Waals surface area contributed by atoms with Crippen molar-refractivity contribution in [3.8, 4) is 39.5 Å². The molecule has 0 fully saturated rings. The van der Waals surface area contributed by atoms with Gasteiger partial charge in [-0.1, -0.05) is 12.6 Å². The van der Waals surface area contributed by atoms with E-state index in [2.05, 4.69) is 11.6 Å². The molecule has 234 valence electrons. The number of hydrogen-bond donors (Lipinski definition) is 1. The lowest BCUT2D eigenvalue weighted by atomic mass is 9.96. The molecule has 0 unspecified atom stereocenters. The summed E-state index contributed by atoms with van der Waals surface area (Å²) in [6, 6.07) is 11.3. The highest BCUT2D eigenvalue weighted by atomic mass is 32.1. The van der Waals surface area contributed by atoms with Crippen LogP contribution < -0.4 is 4.74 Å². The summed E-state index contributed by atoms with van der Waals surface area (Å²) in [5.41, 5.74) is 5.26. The zero-order valence-corrected chi connectivity index (χ0v) is 26.2. The largest absolute Gasteiger partial charge is 0.490 e. The molecule has 0 radical (unpaired) electrons. The molecule has 0 spiro atoms. The number of halogens is 2. The molecule has 4 aromatic heterocycles. The molecule has 0 saturated heterocycles. The average Bonchev–Trinajstić information content (AvgIpc) is 3.78. The number of hydrogen-bond acceptors (Lipinski definition) is 7. The van der Waals surface area contributed by atoms with E-state index in [-0.39, 0.29) is 29.9 Å². The van der Waals surface area contributed by atoms with Gasteiger partial charge >= 0.3 is 0 Å². The Balaban J connectivity index is 1.51. The first kappa shape index (κ1) is 29.8. The highest BCUT2D eigenvalue weighted by Gasteiger charge is 2.31. The van der Waals surface area contributed by atoms with Gasteiger partial charge in [-0.2, -0.15) is 5.10 Å². The number of imidazole rings is 1. The molecule has 2 aromatic carbocycles. The molecule has 9 nitrogen and oxygen atoms in total. The van der Waals surface area contributed by atoms with Crippen LogP contribution in [0.5, 0.6) is 5.75 Å². The van der Waals surface area contributed by atoms with Crippen molar-refractivity contribution in [2.45, 2.75) is 32.5 Å². The lowest BCUT2D eigenvalue weighted by Crippen LogP contribution is -2.40. The Kier molecular flexibility index (Phi) is 7.41. The molecule has 0 aliphatic carbocycles. The van der Waals surface area contributed by atoms with Crippen LogP contribution >= 0.6 is 11.3 Å². The molecular weight excluding hydrogens is 610 g/mol. The van der Waals surface area contributed by atoms with Crippen molar-refractivity contribution in [3.63, 3.8) is 0 Å². The van der Waals surface area contributed by atoms with Gasteiger partial charge in [-0.3, -0.25) is 9.48 Å². The Morgan fingerprint density at radius 1 is 1.17 bits per heavy atom. The number of aliphatic hydroxyl groups is 1. The van der Waals surface area contributed by atoms with Crippen molar-refractivity contribution >= 4 is 38.4 Å². The number of thiophene rings is 1. The quantitative estimate of drug-likeness (QED) is 0.200. The number of carbonyl (C=O) groups is 1. The van der Waals surface area contributed by atoms with E-state index in [9.17, 15) is 14.3 Å². The molecular formula is C34H30F2N6O3S. The lowest BCUT2D eigenvalue weighted by molar-refractivity contribution is -0.129. The van der Waals surface area contributed by atoms with Crippen LogP contribution in [0, 0.1) is 11.6 Å². The molecule has 46 heavy (non-hydrogen) atoms. The van der Waals surface area contributed by atoms with Gasteiger partial charge < -0.3 is 19.3 Å². The molecule has 0 bridgehead atoms. The van der Waals surface area contributed by atoms with Crippen LogP contribution in [0.15, 0.2) is 66.8 Å². The Morgan fingerprint density at radius 3 is 2.78 bits per heavy atom. The van der Waals surface area contributed by atoms with E-state index in [0.717, 1.165) is 39.8 Å². The first-order valence-electron chi connectivity index (χ1n) is 14.8. The standard InChI is InChI=1S/C34H30F2N6O3S/c1-5-29(44)41-9-10-42-27(19(41)3)15-25(39-42)33-31(30-23(36)13-21(35)14-28(30)45-16-18(2)43)34-22(8-11-46-34)32(38-33)20-6-7-26-24(12-20)37-17-40(26)4/h5-8,11-15,17-19,43H,1,9-10,16H2,2-4H3/t18-,19+/m1/s1. The fraction of sp³-hybridized carbons (Fsp3) is 0.235. The van der Waals surface area contributed by atoms with Gasteiger partial charge in [-0.25, -0.2) is 18.7 Å². The van der Waals surface area contributed by atoms with E-state index in [1.54, 1.807) is 11.2 Å². The maximum atomic E-state index is 16.0. The number of nitrogens with zero attached hydrogens (tertiary/aromatic N) is 6. The number of aryl methyl sites for hydroxylation is 1. The topological polar surface area (TPSA) is 98.3 Å². The van der Waals surface area contributed by atoms with Crippen LogP contribution in [0.25, 0.3) is 54.9 Å². The molecule has 1 N–H and O–H groups in total. The van der Waals surface area contributed by atoms with E-state index in [4.69, 9.17) is 14.8 Å². The number of rotatable bonds is 7. The van der Waals surface area contributed by atoms with Crippen molar-refractivity contribution in [3.05, 3.63) is 84.2 Å². The summed E-state index contributed by atoms with van der Waals surface area (Å²) in [6.07, 6.45) is 2.18. The fourth-order valence-electron chi connectivity index (χ4n) is 6.10. The highest BCUT2D eigenvalue weighted by molar-refractivity contribution is 7.18. The molecule has 7 rings (SSSR count). The summed E-state index contributed by atoms with van der Waals surface area (Å²) < 4.78 is 40.9. The number of aromatic nitrogens is 5. The number of ether oxygens (including phenoxy) is 1. The van der Waals surface area contributed by atoms with Gasteiger partial charge in [0.15, 0.2) is 0 Å². The molecule has 0 saturated carbocycles. The summed E-state index contributed by atoms with van der Waals surface area (Å²) in [5.74, 6) is -1.88. The summed E-state index contributed by atoms with van der Waals surface area (Å²) in [5, 5.41) is 17.5. The fourth-order valence-corrected chi connectivity index (χ4v) is 7.05. The Labute approximate surface area is 267 Å². The van der Waals surface area contributed by atoms with E-state index >= 15 is 4.39 Å². The van der Waals surface area contributed by atoms with E-state index in [1.807, 2.05) is 58.9 Å². The zero-order chi connectivity index (χ0) is 32.3. The van der Waals surface area contributed by atoms with Gasteiger partial charge in [0.1, 0.15) is 35.4 Å². The number of fused-ring (bicyclic) bond motifs is 3. The minimum Gasteiger partial charge on any atom is -0.490 e. The molecule has 1 amide bonds. The van der Waals surface area contributed by atoms with Crippen molar-refractivity contribution in [1.29, 1.82) is 0 Å². The molecule has 12 heteroatoms. The number of benzene rings is 2. The first-order chi connectivity index (χ1) is 22.1.